The van der Waals surface area contributed by atoms with Crippen molar-refractivity contribution < 1.29 is 14.1 Å². The number of likely N-dealkylation sites (N-methyl/N-ethyl adjacent to an activating group) is 2. The van der Waals surface area contributed by atoms with E-state index in [0.29, 0.717) is 30.2 Å². The molecule has 1 unspecified atom stereocenters. The zero-order chi connectivity index (χ0) is 17.0. The Bertz CT molecular complexity index is 770. The van der Waals surface area contributed by atoms with Gasteiger partial charge in [-0.3, -0.25) is 4.79 Å². The third kappa shape index (κ3) is 4.33. The normalized spacial score (nSPS) is 12.3. The molecule has 0 radical (unpaired) electrons. The highest BCUT2D eigenvalue weighted by atomic mass is 35.5. The molecule has 1 atom stereocenters. The predicted molar refractivity (Wildman–Crippen MR) is 91.0 cm³/mol. The van der Waals surface area contributed by atoms with E-state index in [4.69, 9.17) is 16.0 Å². The molecule has 6 heteroatoms. The minimum absolute atomic E-state index is 0.00509. The quantitative estimate of drug-likeness (QED) is 0.781. The Morgan fingerprint density at radius 1 is 1.30 bits per heavy atom. The molecular weight excluding hydrogens is 316 g/mol. The van der Waals surface area contributed by atoms with Crippen LogP contribution in [0, 0.1) is 6.92 Å². The number of nitrogens with one attached hydrogen (secondary N) is 2. The number of quaternary nitrogens is 1. The Labute approximate surface area is 140 Å². The Morgan fingerprint density at radius 2 is 2.04 bits per heavy atom. The van der Waals surface area contributed by atoms with E-state index in [0.717, 1.165) is 28.0 Å². The molecule has 1 amide bonds. The fourth-order valence-corrected chi connectivity index (χ4v) is 2.73. The van der Waals surface area contributed by atoms with Crippen molar-refractivity contribution in [3.63, 3.8) is 0 Å². The lowest BCUT2D eigenvalue weighted by Crippen LogP contribution is -3.11. The highest BCUT2D eigenvalue weighted by Gasteiger charge is 2.16. The summed E-state index contributed by atoms with van der Waals surface area (Å²) in [6, 6.07) is 5.09. The van der Waals surface area contributed by atoms with Gasteiger partial charge >= 0.3 is 5.63 Å². The van der Waals surface area contributed by atoms with Gasteiger partial charge in [-0.2, -0.15) is 0 Å². The third-order valence-electron chi connectivity index (χ3n) is 3.83. The molecule has 23 heavy (non-hydrogen) atoms. The maximum atomic E-state index is 11.8. The monoisotopic (exact) mass is 337 g/mol. The molecule has 2 aromatic rings. The van der Waals surface area contributed by atoms with Crippen LogP contribution in [0.15, 0.2) is 27.4 Å². The molecule has 0 bridgehead atoms. The van der Waals surface area contributed by atoms with Crippen molar-refractivity contribution in [1.29, 1.82) is 0 Å². The number of carbonyl (C=O) groups excluding carboxylic acids is 1. The summed E-state index contributed by atoms with van der Waals surface area (Å²) >= 11 is 6.20. The van der Waals surface area contributed by atoms with Gasteiger partial charge in [0.2, 0.25) is 0 Å². The average Bonchev–Trinajstić information content (AvgIpc) is 2.48. The molecule has 124 valence electrons. The van der Waals surface area contributed by atoms with Crippen LogP contribution in [0.4, 0.5) is 0 Å². The predicted octanol–water partition coefficient (Wildman–Crippen LogP) is 1.30. The van der Waals surface area contributed by atoms with Crippen molar-refractivity contribution in [2.75, 3.05) is 19.6 Å². The first-order chi connectivity index (χ1) is 10.9. The van der Waals surface area contributed by atoms with E-state index < -0.39 is 0 Å². The fraction of sp³-hybridized carbons (Fsp3) is 0.412. The lowest BCUT2D eigenvalue weighted by atomic mass is 10.1. The van der Waals surface area contributed by atoms with Gasteiger partial charge in [-0.05, 0) is 38.5 Å². The molecule has 2 rings (SSSR count). The van der Waals surface area contributed by atoms with Crippen LogP contribution in [0.3, 0.4) is 0 Å². The highest BCUT2D eigenvalue weighted by Crippen LogP contribution is 2.24. The van der Waals surface area contributed by atoms with Gasteiger partial charge in [-0.1, -0.05) is 11.6 Å². The average molecular weight is 338 g/mol. The molecule has 0 aliphatic carbocycles. The second-order valence-corrected chi connectivity index (χ2v) is 6.01. The summed E-state index contributed by atoms with van der Waals surface area (Å²) in [6.07, 6.45) is 0. The Balaban J connectivity index is 2.36. The van der Waals surface area contributed by atoms with Crippen LogP contribution in [-0.4, -0.2) is 25.5 Å². The van der Waals surface area contributed by atoms with Gasteiger partial charge in [0, 0.05) is 28.6 Å². The molecule has 0 saturated heterocycles. The van der Waals surface area contributed by atoms with Gasteiger partial charge in [0.1, 0.15) is 12.1 Å². The molecular formula is C17H22ClN2O3+. The summed E-state index contributed by atoms with van der Waals surface area (Å²) in [5.74, 6) is 0.00509. The number of aryl methyl sites for hydroxylation is 1. The van der Waals surface area contributed by atoms with Crippen LogP contribution in [0.1, 0.15) is 25.0 Å². The SMILES string of the molecule is CCNC(=O)C[NH+](CC)Cc1cc(=O)oc2cc(C)c(Cl)cc12. The molecule has 1 aromatic carbocycles. The largest absolute Gasteiger partial charge is 0.423 e. The van der Waals surface area contributed by atoms with Crippen LogP contribution in [0.5, 0.6) is 0 Å². The molecule has 0 aliphatic heterocycles. The first kappa shape index (κ1) is 17.5. The molecule has 0 aliphatic rings. The molecule has 1 heterocycles. The van der Waals surface area contributed by atoms with Crippen LogP contribution in [0.25, 0.3) is 11.0 Å². The van der Waals surface area contributed by atoms with E-state index >= 15 is 0 Å². The van der Waals surface area contributed by atoms with E-state index in [-0.39, 0.29) is 11.5 Å². The first-order valence-electron chi connectivity index (χ1n) is 7.77. The summed E-state index contributed by atoms with van der Waals surface area (Å²) in [4.78, 5) is 24.7. The van der Waals surface area contributed by atoms with Crippen molar-refractivity contribution in [2.45, 2.75) is 27.3 Å². The topological polar surface area (TPSA) is 63.8 Å². The number of halogens is 1. The molecule has 2 N–H and O–H groups in total. The maximum Gasteiger partial charge on any atom is 0.336 e. The number of hydrogen-bond acceptors (Lipinski definition) is 3. The van der Waals surface area contributed by atoms with Crippen molar-refractivity contribution >= 4 is 28.5 Å². The number of benzene rings is 1. The lowest BCUT2D eigenvalue weighted by Gasteiger charge is -2.18. The summed E-state index contributed by atoms with van der Waals surface area (Å²) < 4.78 is 5.27. The third-order valence-corrected chi connectivity index (χ3v) is 4.24. The standard InChI is InChI=1S/C17H21ClN2O3/c1-4-19-16(21)10-20(5-2)9-12-7-17(22)23-15-6-11(3)14(18)8-13(12)15/h6-8H,4-5,9-10H2,1-3H3,(H,19,21)/p+1. The van der Waals surface area contributed by atoms with Gasteiger partial charge in [0.25, 0.3) is 5.91 Å². The van der Waals surface area contributed by atoms with Gasteiger partial charge in [-0.25, -0.2) is 4.79 Å². The van der Waals surface area contributed by atoms with E-state index in [9.17, 15) is 9.59 Å². The van der Waals surface area contributed by atoms with Crippen LogP contribution in [0.2, 0.25) is 5.02 Å². The van der Waals surface area contributed by atoms with E-state index in [1.165, 1.54) is 6.07 Å². The van der Waals surface area contributed by atoms with Crippen molar-refractivity contribution in [2.24, 2.45) is 0 Å². The number of hydrogen-bond donors (Lipinski definition) is 2. The van der Waals surface area contributed by atoms with Crippen LogP contribution < -0.4 is 15.8 Å². The Morgan fingerprint density at radius 3 is 2.70 bits per heavy atom. The molecule has 1 aromatic heterocycles. The van der Waals surface area contributed by atoms with E-state index in [2.05, 4.69) is 5.32 Å². The second kappa shape index (κ2) is 7.62. The number of fused-ring (bicyclic) bond motifs is 1. The van der Waals surface area contributed by atoms with Crippen LogP contribution >= 0.6 is 11.6 Å². The molecule has 0 fully saturated rings. The van der Waals surface area contributed by atoms with Gasteiger partial charge in [-0.15, -0.1) is 0 Å². The smallest absolute Gasteiger partial charge is 0.336 e. The first-order valence-corrected chi connectivity index (χ1v) is 8.15. The second-order valence-electron chi connectivity index (χ2n) is 5.60. The molecule has 0 saturated carbocycles. The summed E-state index contributed by atoms with van der Waals surface area (Å²) in [7, 11) is 0. The summed E-state index contributed by atoms with van der Waals surface area (Å²) in [6.45, 7) is 8.10. The fourth-order valence-electron chi connectivity index (χ4n) is 2.56. The zero-order valence-electron chi connectivity index (χ0n) is 13.7. The minimum atomic E-state index is -0.386. The summed E-state index contributed by atoms with van der Waals surface area (Å²) in [5.41, 5.74) is 1.85. The van der Waals surface area contributed by atoms with Gasteiger partial charge < -0.3 is 14.6 Å². The molecule has 5 nitrogen and oxygen atoms in total. The van der Waals surface area contributed by atoms with E-state index in [1.807, 2.05) is 26.8 Å². The zero-order valence-corrected chi connectivity index (χ0v) is 14.4. The maximum absolute atomic E-state index is 11.8. The number of carbonyl (C=O) groups is 1. The summed E-state index contributed by atoms with van der Waals surface area (Å²) in [5, 5.41) is 4.26. The van der Waals surface area contributed by atoms with E-state index in [1.54, 1.807) is 6.07 Å². The van der Waals surface area contributed by atoms with Gasteiger partial charge in [0.05, 0.1) is 6.54 Å². The Hall–Kier alpha value is -1.85. The van der Waals surface area contributed by atoms with Crippen molar-refractivity contribution in [1.82, 2.24) is 5.32 Å². The number of rotatable bonds is 6. The Kier molecular flexibility index (Phi) is 5.80. The highest BCUT2D eigenvalue weighted by molar-refractivity contribution is 6.32. The minimum Gasteiger partial charge on any atom is -0.423 e. The van der Waals surface area contributed by atoms with Gasteiger partial charge in [0.15, 0.2) is 6.54 Å². The van der Waals surface area contributed by atoms with Crippen LogP contribution in [-0.2, 0) is 11.3 Å². The molecule has 0 spiro atoms. The van der Waals surface area contributed by atoms with Crippen molar-refractivity contribution in [3.8, 4) is 0 Å². The van der Waals surface area contributed by atoms with Crippen molar-refractivity contribution in [3.05, 3.63) is 44.8 Å². The lowest BCUT2D eigenvalue weighted by molar-refractivity contribution is -0.904. The number of amides is 1.